The molecule has 0 aliphatic heterocycles. The highest BCUT2D eigenvalue weighted by Gasteiger charge is 2.15. The van der Waals surface area contributed by atoms with Gasteiger partial charge < -0.3 is 20.1 Å². The predicted molar refractivity (Wildman–Crippen MR) is 141 cm³/mol. The van der Waals surface area contributed by atoms with E-state index in [1.54, 1.807) is 39.7 Å². The third-order valence-corrected chi connectivity index (χ3v) is 5.59. The lowest BCUT2D eigenvalue weighted by molar-refractivity contribution is 0.0964. The topological polar surface area (TPSA) is 111 Å². The second-order valence-electron chi connectivity index (χ2n) is 7.69. The average molecular weight is 493 g/mol. The Hall–Kier alpha value is -3.92. The van der Waals surface area contributed by atoms with Crippen molar-refractivity contribution in [1.82, 2.24) is 25.3 Å². The number of para-hydroxylation sites is 1. The predicted octanol–water partition coefficient (Wildman–Crippen LogP) is 3.79. The molecule has 0 saturated heterocycles. The van der Waals surface area contributed by atoms with Crippen LogP contribution < -0.4 is 20.1 Å². The van der Waals surface area contributed by atoms with Gasteiger partial charge in [0.2, 0.25) is 0 Å². The van der Waals surface area contributed by atoms with Gasteiger partial charge in [0.15, 0.2) is 5.75 Å². The zero-order valence-electron chi connectivity index (χ0n) is 20.0. The van der Waals surface area contributed by atoms with Crippen molar-refractivity contribution in [3.05, 3.63) is 66.2 Å². The minimum absolute atomic E-state index is 0. The van der Waals surface area contributed by atoms with E-state index in [4.69, 9.17) is 9.47 Å². The number of aromatic nitrogens is 4. The smallest absolute Gasteiger partial charge is 0.256 e. The summed E-state index contributed by atoms with van der Waals surface area (Å²) < 4.78 is 10.6. The lowest BCUT2D eigenvalue weighted by Gasteiger charge is -2.16. The molecule has 0 aliphatic carbocycles. The Bertz CT molecular complexity index is 1330. The molecule has 1 aromatic carbocycles. The first kappa shape index (κ1) is 25.7. The number of pyridine rings is 2. The second kappa shape index (κ2) is 11.5. The van der Waals surface area contributed by atoms with Gasteiger partial charge in [-0.3, -0.25) is 9.78 Å². The molecule has 9 nitrogen and oxygen atoms in total. The molecule has 0 unspecified atom stereocenters. The molecule has 0 spiro atoms. The Labute approximate surface area is 210 Å². The highest BCUT2D eigenvalue weighted by Crippen LogP contribution is 2.30. The summed E-state index contributed by atoms with van der Waals surface area (Å²) in [6.07, 6.45) is 4.86. The molecule has 10 heteroatoms. The third kappa shape index (κ3) is 5.43. The summed E-state index contributed by atoms with van der Waals surface area (Å²) in [5.41, 5.74) is 3.97. The summed E-state index contributed by atoms with van der Waals surface area (Å²) in [5, 5.41) is 6.90. The van der Waals surface area contributed by atoms with E-state index in [9.17, 15) is 4.79 Å². The Morgan fingerprint density at radius 1 is 1.06 bits per heavy atom. The minimum Gasteiger partial charge on any atom is -0.491 e. The number of fused-ring (bicyclic) bond motifs is 1. The van der Waals surface area contributed by atoms with Crippen LogP contribution in [0.15, 0.2) is 55.1 Å². The first-order valence-electron chi connectivity index (χ1n) is 10.8. The summed E-state index contributed by atoms with van der Waals surface area (Å²) in [4.78, 5) is 29.8. The first-order chi connectivity index (χ1) is 16.5. The Morgan fingerprint density at radius 3 is 2.63 bits per heavy atom. The van der Waals surface area contributed by atoms with E-state index in [1.807, 2.05) is 30.3 Å². The zero-order valence-corrected chi connectivity index (χ0v) is 21.0. The molecule has 0 bridgehead atoms. The molecule has 3 aromatic heterocycles. The van der Waals surface area contributed by atoms with Crippen LogP contribution in [0.5, 0.6) is 11.6 Å². The fourth-order valence-corrected chi connectivity index (χ4v) is 3.78. The molecule has 2 N–H and O–H groups in total. The summed E-state index contributed by atoms with van der Waals surface area (Å²) in [6.45, 7) is 2.72. The molecule has 0 fully saturated rings. The molecular formula is C25H28N6O3S. The number of amides is 1. The van der Waals surface area contributed by atoms with Crippen LogP contribution in [0, 0.1) is 0 Å². The van der Waals surface area contributed by atoms with E-state index >= 15 is 0 Å². The number of nitrogens with zero attached hydrogens (tertiary/aromatic N) is 4. The van der Waals surface area contributed by atoms with Crippen molar-refractivity contribution in [3.63, 3.8) is 0 Å². The van der Waals surface area contributed by atoms with Crippen LogP contribution in [0.4, 0.5) is 5.82 Å². The van der Waals surface area contributed by atoms with Gasteiger partial charge in [-0.05, 0) is 17.7 Å². The van der Waals surface area contributed by atoms with Crippen molar-refractivity contribution in [2.24, 2.45) is 0 Å². The minimum atomic E-state index is -0.131. The van der Waals surface area contributed by atoms with Crippen LogP contribution >= 0.6 is 13.5 Å². The van der Waals surface area contributed by atoms with Gasteiger partial charge in [0, 0.05) is 48.9 Å². The number of carbonyl (C=O) groups excluding carboxylic acids is 1. The normalized spacial score (nSPS) is 11.3. The molecule has 0 radical (unpaired) electrons. The van der Waals surface area contributed by atoms with Crippen LogP contribution in [0.3, 0.4) is 0 Å². The quantitative estimate of drug-likeness (QED) is 0.382. The van der Waals surface area contributed by atoms with Crippen LogP contribution in [0.25, 0.3) is 22.2 Å². The van der Waals surface area contributed by atoms with Crippen molar-refractivity contribution in [2.75, 3.05) is 33.1 Å². The highest BCUT2D eigenvalue weighted by molar-refractivity contribution is 7.59. The van der Waals surface area contributed by atoms with E-state index in [-0.39, 0.29) is 25.3 Å². The van der Waals surface area contributed by atoms with E-state index in [2.05, 4.69) is 37.5 Å². The number of benzene rings is 1. The number of methoxy groups -OCH3 is 2. The van der Waals surface area contributed by atoms with Gasteiger partial charge in [0.05, 0.1) is 31.0 Å². The van der Waals surface area contributed by atoms with Gasteiger partial charge >= 0.3 is 0 Å². The monoisotopic (exact) mass is 492 g/mol. The summed E-state index contributed by atoms with van der Waals surface area (Å²) in [7, 11) is 4.74. The molecule has 3 heterocycles. The van der Waals surface area contributed by atoms with Crippen LogP contribution in [-0.2, 0) is 0 Å². The maximum absolute atomic E-state index is 12.3. The molecule has 35 heavy (non-hydrogen) atoms. The number of hydrogen-bond donors (Lipinski definition) is 2. The lowest BCUT2D eigenvalue weighted by atomic mass is 9.96. The van der Waals surface area contributed by atoms with Crippen molar-refractivity contribution < 1.29 is 14.3 Å². The van der Waals surface area contributed by atoms with Gasteiger partial charge in [-0.15, -0.1) is 0 Å². The molecule has 0 saturated carbocycles. The van der Waals surface area contributed by atoms with Gasteiger partial charge in [0.1, 0.15) is 12.1 Å². The molecule has 1 atom stereocenters. The van der Waals surface area contributed by atoms with Crippen LogP contribution in [0.2, 0.25) is 0 Å². The van der Waals surface area contributed by atoms with Gasteiger partial charge in [-0.25, -0.2) is 15.0 Å². The largest absolute Gasteiger partial charge is 0.491 e. The number of nitrogens with one attached hydrogen (secondary N) is 2. The van der Waals surface area contributed by atoms with Crippen molar-refractivity contribution in [2.45, 2.75) is 12.8 Å². The fraction of sp³-hybridized carbons (Fsp3) is 0.240. The van der Waals surface area contributed by atoms with Crippen molar-refractivity contribution in [3.8, 4) is 22.9 Å². The highest BCUT2D eigenvalue weighted by atomic mass is 32.1. The zero-order chi connectivity index (χ0) is 24.1. The maximum atomic E-state index is 12.3. The molecule has 182 valence electrons. The molecule has 0 aliphatic rings. The van der Waals surface area contributed by atoms with Gasteiger partial charge in [0.25, 0.3) is 11.8 Å². The first-order valence-corrected chi connectivity index (χ1v) is 10.8. The van der Waals surface area contributed by atoms with E-state index in [1.165, 1.54) is 6.33 Å². The van der Waals surface area contributed by atoms with Crippen LogP contribution in [0.1, 0.15) is 28.8 Å². The number of anilines is 1. The average Bonchev–Trinajstić information content (AvgIpc) is 2.90. The maximum Gasteiger partial charge on any atom is 0.256 e. The van der Waals surface area contributed by atoms with Crippen molar-refractivity contribution in [1.29, 1.82) is 0 Å². The van der Waals surface area contributed by atoms with E-state index < -0.39 is 0 Å². The summed E-state index contributed by atoms with van der Waals surface area (Å²) in [5.74, 6) is 1.61. The van der Waals surface area contributed by atoms with Crippen molar-refractivity contribution >= 4 is 36.1 Å². The lowest BCUT2D eigenvalue weighted by Crippen LogP contribution is -2.18. The second-order valence-corrected chi connectivity index (χ2v) is 7.69. The Kier molecular flexibility index (Phi) is 8.43. The number of ether oxygens (including phenoxy) is 2. The van der Waals surface area contributed by atoms with E-state index in [0.717, 1.165) is 22.0 Å². The van der Waals surface area contributed by atoms with E-state index in [0.29, 0.717) is 35.2 Å². The SMILES string of the molecule is CNC(=O)c1ccnc2c([C@H](C)CNc3cc(-c4cnc(OC)c(OC)c4)ncn3)cccc12.S. The third-order valence-electron chi connectivity index (χ3n) is 5.59. The number of carbonyl (C=O) groups is 1. The Balaban J connectivity index is 0.00000342. The molecule has 1 amide bonds. The Morgan fingerprint density at radius 2 is 1.89 bits per heavy atom. The molecule has 4 rings (SSSR count). The summed E-state index contributed by atoms with van der Waals surface area (Å²) >= 11 is 0. The van der Waals surface area contributed by atoms with Gasteiger partial charge in [-0.2, -0.15) is 13.5 Å². The fourth-order valence-electron chi connectivity index (χ4n) is 3.78. The molecular weight excluding hydrogens is 464 g/mol. The number of rotatable bonds is 8. The van der Waals surface area contributed by atoms with Crippen LogP contribution in [-0.4, -0.2) is 53.7 Å². The van der Waals surface area contributed by atoms with Gasteiger partial charge in [-0.1, -0.05) is 25.1 Å². The number of hydrogen-bond acceptors (Lipinski definition) is 8. The standard InChI is InChI=1S/C25H26N6O3.H2S/c1-15(17-6-5-7-18-19(24(32)26-2)8-9-27-23(17)18)12-28-22-11-20(30-14-31-22)16-10-21(33-3)25(34-4)29-13-16;/h5-11,13-15H,12H2,1-4H3,(H,26,32)(H,28,30,31);1H2/t15-;/m1./s1. The summed E-state index contributed by atoms with van der Waals surface area (Å²) in [6, 6.07) is 11.3. The molecule has 4 aromatic rings.